The molecule has 0 amide bonds. The lowest BCUT2D eigenvalue weighted by molar-refractivity contribution is 0.595. The third-order valence-electron chi connectivity index (χ3n) is 3.83. The third-order valence-corrected chi connectivity index (χ3v) is 8.19. The Morgan fingerprint density at radius 1 is 1.16 bits per heavy atom. The van der Waals surface area contributed by atoms with Crippen LogP contribution in [0.3, 0.4) is 0 Å². The minimum Gasteiger partial charge on any atom is -0.398 e. The van der Waals surface area contributed by atoms with E-state index in [-0.39, 0.29) is 4.90 Å². The molecule has 25 heavy (non-hydrogen) atoms. The first kappa shape index (κ1) is 18.3. The highest BCUT2D eigenvalue weighted by Crippen LogP contribution is 2.37. The number of thioether (sulfide) groups is 1. The molecule has 1 aromatic heterocycles. The highest BCUT2D eigenvalue weighted by Gasteiger charge is 2.23. The number of nitrogens with two attached hydrogens (primary N) is 1. The zero-order chi connectivity index (χ0) is 18.2. The number of anilines is 1. The van der Waals surface area contributed by atoms with Gasteiger partial charge in [0.25, 0.3) is 0 Å². The molecule has 2 N–H and O–H groups in total. The molecule has 0 atom stereocenters. The number of rotatable bonds is 4. The van der Waals surface area contributed by atoms with Crippen LogP contribution in [-0.2, 0) is 9.84 Å². The number of sulfone groups is 1. The number of benzene rings is 2. The van der Waals surface area contributed by atoms with Crippen molar-refractivity contribution in [2.24, 2.45) is 0 Å². The average molecular weight is 410 g/mol. The molecule has 0 fully saturated rings. The van der Waals surface area contributed by atoms with Crippen molar-refractivity contribution in [3.8, 4) is 11.1 Å². The molecule has 0 radical (unpaired) electrons. The zero-order valence-electron chi connectivity index (χ0n) is 13.6. The first-order valence-electron chi connectivity index (χ1n) is 7.37. The molecule has 0 aliphatic carbocycles. The Hall–Kier alpha value is -1.47. The highest BCUT2D eigenvalue weighted by molar-refractivity contribution is 8.01. The van der Waals surface area contributed by atoms with Gasteiger partial charge in [0, 0.05) is 16.3 Å². The first-order valence-corrected chi connectivity index (χ1v) is 11.3. The molecule has 3 nitrogen and oxygen atoms in total. The Morgan fingerprint density at radius 3 is 2.60 bits per heavy atom. The topological polar surface area (TPSA) is 60.2 Å². The van der Waals surface area contributed by atoms with E-state index < -0.39 is 9.84 Å². The summed E-state index contributed by atoms with van der Waals surface area (Å²) >= 11 is 8.90. The maximum atomic E-state index is 13.0. The number of thiophene rings is 1. The lowest BCUT2D eigenvalue weighted by Crippen LogP contribution is -2.02. The summed E-state index contributed by atoms with van der Waals surface area (Å²) in [7, 11) is -3.58. The van der Waals surface area contributed by atoms with E-state index in [1.54, 1.807) is 35.7 Å². The average Bonchev–Trinajstić information content (AvgIpc) is 3.03. The number of aryl methyl sites for hydroxylation is 1. The summed E-state index contributed by atoms with van der Waals surface area (Å²) in [6.07, 6.45) is 1.87. The van der Waals surface area contributed by atoms with Crippen LogP contribution in [0.4, 0.5) is 5.69 Å². The van der Waals surface area contributed by atoms with Crippen molar-refractivity contribution in [3.63, 3.8) is 0 Å². The Morgan fingerprint density at radius 2 is 1.92 bits per heavy atom. The minimum absolute atomic E-state index is 0.257. The molecule has 0 spiro atoms. The summed E-state index contributed by atoms with van der Waals surface area (Å²) in [6.45, 7) is 1.91. The van der Waals surface area contributed by atoms with Crippen molar-refractivity contribution in [2.45, 2.75) is 20.9 Å². The van der Waals surface area contributed by atoms with Gasteiger partial charge in [-0.25, -0.2) is 8.42 Å². The monoisotopic (exact) mass is 409 g/mol. The zero-order valence-corrected chi connectivity index (χ0v) is 16.8. The molecule has 0 saturated heterocycles. The van der Waals surface area contributed by atoms with E-state index in [1.807, 2.05) is 25.3 Å². The maximum absolute atomic E-state index is 13.0. The summed E-state index contributed by atoms with van der Waals surface area (Å²) in [4.78, 5) is 0.607. The van der Waals surface area contributed by atoms with Gasteiger partial charge in [0.1, 0.15) is 0 Å². The molecule has 3 rings (SSSR count). The predicted molar refractivity (Wildman–Crippen MR) is 108 cm³/mol. The summed E-state index contributed by atoms with van der Waals surface area (Å²) in [5.41, 5.74) is 9.11. The van der Waals surface area contributed by atoms with Crippen molar-refractivity contribution >= 4 is 50.2 Å². The van der Waals surface area contributed by atoms with Gasteiger partial charge in [-0.3, -0.25) is 0 Å². The highest BCUT2D eigenvalue weighted by atomic mass is 35.5. The van der Waals surface area contributed by atoms with Crippen LogP contribution in [0.1, 0.15) is 5.56 Å². The second-order valence-electron chi connectivity index (χ2n) is 5.49. The van der Waals surface area contributed by atoms with Gasteiger partial charge in [-0.05, 0) is 60.0 Å². The molecular formula is C18H16ClNO2S3. The van der Waals surface area contributed by atoms with Crippen LogP contribution >= 0.6 is 34.7 Å². The standard InChI is InChI=1S/C18H16ClNO2S3/c1-11-8-13(19)10-15(20)17(11)12-4-3-5-14(9-12)25(21,22)16-6-7-24-18(16)23-2/h3-10H,20H2,1-2H3. The van der Waals surface area contributed by atoms with Crippen LogP contribution in [0, 0.1) is 6.92 Å². The van der Waals surface area contributed by atoms with Crippen molar-refractivity contribution < 1.29 is 8.42 Å². The van der Waals surface area contributed by atoms with Crippen LogP contribution in [0.25, 0.3) is 11.1 Å². The molecule has 3 aromatic rings. The molecule has 0 aliphatic rings. The van der Waals surface area contributed by atoms with E-state index in [0.717, 1.165) is 20.9 Å². The number of hydrogen-bond donors (Lipinski definition) is 1. The van der Waals surface area contributed by atoms with E-state index in [0.29, 0.717) is 15.6 Å². The fraction of sp³-hybridized carbons (Fsp3) is 0.111. The molecule has 0 saturated carbocycles. The maximum Gasteiger partial charge on any atom is 0.208 e. The smallest absolute Gasteiger partial charge is 0.208 e. The molecular weight excluding hydrogens is 394 g/mol. The lowest BCUT2D eigenvalue weighted by Gasteiger charge is -2.12. The van der Waals surface area contributed by atoms with Crippen molar-refractivity contribution in [1.82, 2.24) is 0 Å². The number of nitrogen functional groups attached to an aromatic ring is 1. The lowest BCUT2D eigenvalue weighted by atomic mass is 9.99. The van der Waals surface area contributed by atoms with Crippen molar-refractivity contribution in [2.75, 3.05) is 12.0 Å². The molecule has 2 aromatic carbocycles. The van der Waals surface area contributed by atoms with Crippen molar-refractivity contribution in [3.05, 3.63) is 58.4 Å². The van der Waals surface area contributed by atoms with Crippen LogP contribution in [-0.4, -0.2) is 14.7 Å². The predicted octanol–water partition coefficient (Wildman–Crippen LogP) is 5.51. The van der Waals surface area contributed by atoms with Gasteiger partial charge in [-0.15, -0.1) is 23.1 Å². The summed E-state index contributed by atoms with van der Waals surface area (Å²) in [5, 5.41) is 2.36. The molecule has 130 valence electrons. The summed E-state index contributed by atoms with van der Waals surface area (Å²) in [5.74, 6) is 0. The molecule has 0 aliphatic heterocycles. The van der Waals surface area contributed by atoms with Crippen LogP contribution in [0.2, 0.25) is 5.02 Å². The van der Waals surface area contributed by atoms with Gasteiger partial charge >= 0.3 is 0 Å². The molecule has 1 heterocycles. The quantitative estimate of drug-likeness (QED) is 0.455. The fourth-order valence-electron chi connectivity index (χ4n) is 2.74. The van der Waals surface area contributed by atoms with Gasteiger partial charge in [-0.1, -0.05) is 23.7 Å². The molecule has 0 unspecified atom stereocenters. The number of hydrogen-bond acceptors (Lipinski definition) is 5. The fourth-order valence-corrected chi connectivity index (χ4v) is 6.75. The minimum atomic E-state index is -3.58. The Kier molecular flexibility index (Phi) is 5.16. The van der Waals surface area contributed by atoms with Gasteiger partial charge in [-0.2, -0.15) is 0 Å². The van der Waals surface area contributed by atoms with Gasteiger partial charge in [0.2, 0.25) is 9.84 Å². The second kappa shape index (κ2) is 7.03. The first-order chi connectivity index (χ1) is 11.8. The van der Waals surface area contributed by atoms with Crippen LogP contribution < -0.4 is 5.73 Å². The Bertz CT molecular complexity index is 1020. The van der Waals surface area contributed by atoms with Gasteiger partial charge in [0.15, 0.2) is 0 Å². The van der Waals surface area contributed by atoms with Crippen molar-refractivity contribution in [1.29, 1.82) is 0 Å². The Balaban J connectivity index is 2.15. The molecule has 0 bridgehead atoms. The number of halogens is 1. The largest absolute Gasteiger partial charge is 0.398 e. The summed E-state index contributed by atoms with van der Waals surface area (Å²) in [6, 6.07) is 12.0. The van der Waals surface area contributed by atoms with E-state index >= 15 is 0 Å². The third kappa shape index (κ3) is 3.44. The molecule has 7 heteroatoms. The van der Waals surface area contributed by atoms with E-state index in [9.17, 15) is 8.42 Å². The van der Waals surface area contributed by atoms with Gasteiger partial charge in [0.05, 0.1) is 14.0 Å². The SMILES string of the molecule is CSc1sccc1S(=O)(=O)c1cccc(-c2c(C)cc(Cl)cc2N)c1. The second-order valence-corrected chi connectivity index (χ2v) is 9.84. The summed E-state index contributed by atoms with van der Waals surface area (Å²) < 4.78 is 26.8. The van der Waals surface area contributed by atoms with E-state index in [1.165, 1.54) is 23.1 Å². The van der Waals surface area contributed by atoms with Crippen LogP contribution in [0.5, 0.6) is 0 Å². The van der Waals surface area contributed by atoms with Gasteiger partial charge < -0.3 is 5.73 Å². The Labute approximate surface area is 160 Å². The van der Waals surface area contributed by atoms with E-state index in [2.05, 4.69) is 0 Å². The normalized spacial score (nSPS) is 11.6. The van der Waals surface area contributed by atoms with Crippen LogP contribution in [0.15, 0.2) is 61.8 Å². The van der Waals surface area contributed by atoms with E-state index in [4.69, 9.17) is 17.3 Å².